The zero-order chi connectivity index (χ0) is 11.8. The van der Waals surface area contributed by atoms with E-state index >= 15 is 0 Å². The Bertz CT molecular complexity index is 322. The smallest absolute Gasteiger partial charge is 0.810 e. The zero-order valence-corrected chi connectivity index (χ0v) is 24.0. The second kappa shape index (κ2) is 15.7. The average Bonchev–Trinajstić information content (AvgIpc) is 1.75. The van der Waals surface area contributed by atoms with Crippen molar-refractivity contribution in [3.63, 3.8) is 0 Å². The molecule has 19 heavy (non-hydrogen) atoms. The van der Waals surface area contributed by atoms with Crippen LogP contribution in [-0.2, 0) is 13.7 Å². The summed E-state index contributed by atoms with van der Waals surface area (Å²) in [6.45, 7) is 0. The van der Waals surface area contributed by atoms with E-state index in [1.807, 2.05) is 0 Å². The van der Waals surface area contributed by atoms with E-state index in [-0.39, 0.29) is 148 Å². The van der Waals surface area contributed by atoms with E-state index in [0.717, 1.165) is 0 Å². The van der Waals surface area contributed by atoms with Crippen molar-refractivity contribution in [2.45, 2.75) is 5.40 Å². The third-order valence-corrected chi connectivity index (χ3v) is 6.05. The van der Waals surface area contributed by atoms with E-state index < -0.39 is 34.3 Å². The molecule has 0 saturated carbocycles. The van der Waals surface area contributed by atoms with Gasteiger partial charge in [0.25, 0.3) is 0 Å². The number of hydrogen-bond donors (Lipinski definition) is 1. The van der Waals surface area contributed by atoms with Gasteiger partial charge in [-0.3, -0.25) is 0 Å². The van der Waals surface area contributed by atoms with Crippen molar-refractivity contribution in [2.75, 3.05) is 6.16 Å². The molecule has 0 aliphatic rings. The maximum Gasteiger partial charge on any atom is 1.00 e. The van der Waals surface area contributed by atoms with Gasteiger partial charge in [0, 0.05) is 11.6 Å². The van der Waals surface area contributed by atoms with Crippen LogP contribution in [0.5, 0.6) is 0 Å². The molecule has 0 aliphatic carbocycles. The molecule has 0 heterocycles. The molecule has 0 spiro atoms. The first kappa shape index (κ1) is 39.5. The molecule has 86 valence electrons. The van der Waals surface area contributed by atoms with Crippen LogP contribution in [0, 0.1) is 0 Å². The Morgan fingerprint density at radius 2 is 0.947 bits per heavy atom. The zero-order valence-electron chi connectivity index (χ0n) is 11.3. The van der Waals surface area contributed by atoms with Crippen LogP contribution >= 0.6 is 22.8 Å². The van der Waals surface area contributed by atoms with Gasteiger partial charge in [0.15, 0.2) is 0 Å². The maximum absolute atomic E-state index is 10.2. The van der Waals surface area contributed by atoms with Crippen molar-refractivity contribution in [1.29, 1.82) is 0 Å². The average molecular weight is 380 g/mol. The predicted molar refractivity (Wildman–Crippen MR) is 33.7 cm³/mol. The van der Waals surface area contributed by atoms with E-state index in [1.54, 1.807) is 0 Å². The van der Waals surface area contributed by atoms with Crippen LogP contribution in [0.2, 0.25) is 0 Å². The van der Waals surface area contributed by atoms with E-state index in [4.69, 9.17) is 4.89 Å². The molecule has 0 aromatic heterocycles. The quantitative estimate of drug-likeness (QED) is 0.365. The Morgan fingerprint density at radius 3 is 1.00 bits per heavy atom. The summed E-state index contributed by atoms with van der Waals surface area (Å²) < 4.78 is 30.5. The molecule has 1 unspecified atom stereocenters. The van der Waals surface area contributed by atoms with Crippen molar-refractivity contribution in [3.8, 4) is 0 Å². The van der Waals surface area contributed by atoms with Crippen LogP contribution in [0.15, 0.2) is 0 Å². The van der Waals surface area contributed by atoms with E-state index in [9.17, 15) is 38.2 Å². The third kappa shape index (κ3) is 21.4. The fourth-order valence-corrected chi connectivity index (χ4v) is 5.22. The first-order chi connectivity index (χ1) is 5.84. The van der Waals surface area contributed by atoms with Gasteiger partial charge in [-0.1, -0.05) is 15.2 Å². The van der Waals surface area contributed by atoms with Crippen LogP contribution < -0.4 is 172 Å². The normalized spacial score (nSPS) is 13.4. The molecule has 0 aromatic rings. The standard InChI is InChI=1S/C2H9O9P3.5Na/c3-12(4,5)1-2(13(6,7)8)14(9,10)11;;;;;/h2H,1H2,(H2,3,4,5)(H2,6,7,8)(H2,9,10,11);;;;;/q;5*+1/p-5. The van der Waals surface area contributed by atoms with Gasteiger partial charge in [0.05, 0.1) is 0 Å². The van der Waals surface area contributed by atoms with Gasteiger partial charge in [-0.25, -0.2) is 0 Å². The van der Waals surface area contributed by atoms with Gasteiger partial charge in [-0.2, -0.15) is 0 Å². The van der Waals surface area contributed by atoms with Crippen molar-refractivity contribution in [1.82, 2.24) is 0 Å². The van der Waals surface area contributed by atoms with Gasteiger partial charge in [-0.05, 0) is 0 Å². The molecule has 0 rings (SSSR count). The first-order valence-corrected chi connectivity index (χ1v) is 7.89. The summed E-state index contributed by atoms with van der Waals surface area (Å²) in [7, 11) is -17.1. The Morgan fingerprint density at radius 1 is 0.737 bits per heavy atom. The van der Waals surface area contributed by atoms with Crippen LogP contribution in [0.25, 0.3) is 0 Å². The van der Waals surface area contributed by atoms with E-state index in [1.165, 1.54) is 0 Å². The molecule has 0 bridgehead atoms. The van der Waals surface area contributed by atoms with Crippen molar-refractivity contribution in [3.05, 3.63) is 0 Å². The van der Waals surface area contributed by atoms with Crippen LogP contribution in [0.3, 0.4) is 0 Å². The van der Waals surface area contributed by atoms with Gasteiger partial charge >= 0.3 is 148 Å². The summed E-state index contributed by atoms with van der Waals surface area (Å²) in [4.78, 5) is 59.0. The molecule has 1 atom stereocenters. The minimum absolute atomic E-state index is 0. The fourth-order valence-electron chi connectivity index (χ4n) is 0.580. The van der Waals surface area contributed by atoms with Gasteiger partial charge in [0.1, 0.15) is 7.60 Å². The molecule has 0 aromatic carbocycles. The Balaban J connectivity index is -0.0000000845. The van der Waals surface area contributed by atoms with Gasteiger partial charge in [0.2, 0.25) is 0 Å². The molecule has 1 N–H and O–H groups in total. The number of hydrogen-bond acceptors (Lipinski definition) is 8. The maximum atomic E-state index is 10.2. The van der Waals surface area contributed by atoms with Crippen LogP contribution in [0.1, 0.15) is 0 Å². The summed E-state index contributed by atoms with van der Waals surface area (Å²) in [5, 5.41) is -3.16. The van der Waals surface area contributed by atoms with Crippen LogP contribution in [0.4, 0.5) is 0 Å². The van der Waals surface area contributed by atoms with Crippen molar-refractivity contribution >= 4 is 22.8 Å². The molecular formula is C2H4Na5O9P3. The first-order valence-electron chi connectivity index (χ1n) is 2.90. The summed E-state index contributed by atoms with van der Waals surface area (Å²) in [5.41, 5.74) is 0. The van der Waals surface area contributed by atoms with Crippen LogP contribution in [-0.4, -0.2) is 16.5 Å². The third-order valence-electron chi connectivity index (χ3n) is 1.12. The Hall–Kier alpha value is 5.45. The predicted octanol–water partition coefficient (Wildman–Crippen LogP) is -19.3. The molecule has 17 heteroatoms. The molecule has 0 aliphatic heterocycles. The largest absolute Gasteiger partial charge is 1.00 e. The summed E-state index contributed by atoms with van der Waals surface area (Å²) in [6.07, 6.45) is -1.92. The van der Waals surface area contributed by atoms with Gasteiger partial charge < -0.3 is 43.1 Å². The topological polar surface area (TPSA) is 187 Å². The molecule has 0 radical (unpaired) electrons. The Labute approximate surface area is 220 Å². The van der Waals surface area contributed by atoms with E-state index in [2.05, 4.69) is 0 Å². The summed E-state index contributed by atoms with van der Waals surface area (Å²) >= 11 is 0. The Kier molecular flexibility index (Phi) is 32.6. The SMILES string of the molecule is O=P([O-])(O)CC(P(=O)([O-])[O-])P(=O)([O-])[O-].[Na+].[Na+].[Na+].[Na+].[Na+]. The molecule has 0 saturated heterocycles. The van der Waals surface area contributed by atoms with E-state index in [0.29, 0.717) is 0 Å². The minimum Gasteiger partial charge on any atom is -0.810 e. The molecule has 0 fully saturated rings. The molecule has 0 amide bonds. The number of rotatable bonds is 4. The second-order valence-electron chi connectivity index (χ2n) is 2.38. The molecular weight excluding hydrogens is 376 g/mol. The summed E-state index contributed by atoms with van der Waals surface area (Å²) in [5.74, 6) is 0. The molecule has 9 nitrogen and oxygen atoms in total. The summed E-state index contributed by atoms with van der Waals surface area (Å²) in [6, 6.07) is 0. The van der Waals surface area contributed by atoms with Crippen molar-refractivity contribution < 1.29 is 191 Å². The van der Waals surface area contributed by atoms with Crippen molar-refractivity contribution in [2.24, 2.45) is 0 Å². The van der Waals surface area contributed by atoms with Gasteiger partial charge in [-0.15, -0.1) is 0 Å². The monoisotopic (exact) mass is 380 g/mol. The fraction of sp³-hybridized carbons (Fsp3) is 1.00. The minimum atomic E-state index is -5.91. The second-order valence-corrected chi connectivity index (χ2v) is 7.83.